The lowest BCUT2D eigenvalue weighted by molar-refractivity contribution is -0.123. The van der Waals surface area contributed by atoms with Crippen LogP contribution < -0.4 is 15.4 Å². The third-order valence-corrected chi connectivity index (χ3v) is 6.48. The molecule has 1 amide bonds. The molecule has 3 atom stereocenters. The minimum atomic E-state index is -3.75. The topological polar surface area (TPSA) is 87.3 Å². The van der Waals surface area contributed by atoms with E-state index in [-0.39, 0.29) is 29.3 Å². The van der Waals surface area contributed by atoms with Gasteiger partial charge in [0, 0.05) is 23.1 Å². The van der Waals surface area contributed by atoms with Crippen LogP contribution in [0.25, 0.3) is 0 Å². The molecule has 0 aromatic heterocycles. The van der Waals surface area contributed by atoms with E-state index in [0.717, 1.165) is 25.7 Å². The van der Waals surface area contributed by atoms with Gasteiger partial charge in [-0.1, -0.05) is 11.6 Å². The minimum absolute atomic E-state index is 0. The number of piperidine rings is 1. The standard InChI is InChI=1S/C16H22ClN3O3S.ClH/c1-10(20-24(22,23)15-6-2-11(17)3-7-15)16(21)19-14-8-12-4-5-13(9-14)18-12;/h2-3,6-7,10,12-14,18,20H,4-5,8-9H2,1H3,(H,19,21);1H. The van der Waals surface area contributed by atoms with Crippen molar-refractivity contribution in [1.82, 2.24) is 15.4 Å². The Kier molecular flexibility index (Phi) is 6.73. The van der Waals surface area contributed by atoms with Crippen LogP contribution in [0.15, 0.2) is 29.2 Å². The number of hydrogen-bond donors (Lipinski definition) is 3. The van der Waals surface area contributed by atoms with Crippen LogP contribution in [0.3, 0.4) is 0 Å². The first kappa shape index (κ1) is 20.5. The number of carbonyl (C=O) groups excluding carboxylic acids is 1. The maximum atomic E-state index is 12.3. The van der Waals surface area contributed by atoms with Crippen LogP contribution >= 0.6 is 24.0 Å². The number of amides is 1. The lowest BCUT2D eigenvalue weighted by atomic mass is 9.99. The van der Waals surface area contributed by atoms with Crippen molar-refractivity contribution in [3.63, 3.8) is 0 Å². The second-order valence-corrected chi connectivity index (χ2v) is 8.76. The molecule has 2 fully saturated rings. The van der Waals surface area contributed by atoms with Gasteiger partial charge >= 0.3 is 0 Å². The zero-order chi connectivity index (χ0) is 17.3. The summed E-state index contributed by atoms with van der Waals surface area (Å²) in [6.45, 7) is 1.55. The lowest BCUT2D eigenvalue weighted by Gasteiger charge is -2.30. The number of benzene rings is 1. The number of rotatable bonds is 5. The van der Waals surface area contributed by atoms with Crippen LogP contribution in [0.5, 0.6) is 0 Å². The summed E-state index contributed by atoms with van der Waals surface area (Å²) in [4.78, 5) is 12.4. The van der Waals surface area contributed by atoms with Crippen molar-refractivity contribution in [2.24, 2.45) is 0 Å². The summed E-state index contributed by atoms with van der Waals surface area (Å²) >= 11 is 5.77. The van der Waals surface area contributed by atoms with E-state index in [4.69, 9.17) is 11.6 Å². The fourth-order valence-corrected chi connectivity index (χ4v) is 4.80. The zero-order valence-corrected chi connectivity index (χ0v) is 16.3. The maximum absolute atomic E-state index is 12.3. The van der Waals surface area contributed by atoms with Crippen LogP contribution in [-0.2, 0) is 14.8 Å². The molecule has 1 aromatic rings. The predicted octanol–water partition coefficient (Wildman–Crippen LogP) is 1.83. The average Bonchev–Trinajstić information content (AvgIpc) is 2.86. The van der Waals surface area contributed by atoms with Crippen molar-refractivity contribution < 1.29 is 13.2 Å². The van der Waals surface area contributed by atoms with E-state index in [1.165, 1.54) is 24.3 Å². The van der Waals surface area contributed by atoms with Gasteiger partial charge in [-0.15, -0.1) is 12.4 Å². The van der Waals surface area contributed by atoms with Crippen molar-refractivity contribution in [3.8, 4) is 0 Å². The first-order valence-electron chi connectivity index (χ1n) is 8.18. The molecule has 2 aliphatic rings. The highest BCUT2D eigenvalue weighted by atomic mass is 35.5. The van der Waals surface area contributed by atoms with E-state index in [1.54, 1.807) is 6.92 Å². The molecule has 0 radical (unpaired) electrons. The number of hydrogen-bond acceptors (Lipinski definition) is 4. The van der Waals surface area contributed by atoms with Gasteiger partial charge in [0.1, 0.15) is 0 Å². The molecule has 3 N–H and O–H groups in total. The first-order chi connectivity index (χ1) is 11.3. The van der Waals surface area contributed by atoms with Gasteiger partial charge in [0.05, 0.1) is 10.9 Å². The second kappa shape index (κ2) is 8.22. The number of carbonyl (C=O) groups is 1. The van der Waals surface area contributed by atoms with Crippen LogP contribution in [0, 0.1) is 0 Å². The van der Waals surface area contributed by atoms with Crippen molar-refractivity contribution in [3.05, 3.63) is 29.3 Å². The Bertz CT molecular complexity index is 700. The van der Waals surface area contributed by atoms with E-state index < -0.39 is 16.1 Å². The SMILES string of the molecule is CC(NS(=O)(=O)c1ccc(Cl)cc1)C(=O)NC1CC2CCC(C1)N2.Cl. The van der Waals surface area contributed by atoms with Crippen molar-refractivity contribution in [1.29, 1.82) is 0 Å². The van der Waals surface area contributed by atoms with E-state index in [1.807, 2.05) is 0 Å². The minimum Gasteiger partial charge on any atom is -0.352 e. The molecule has 2 saturated heterocycles. The Morgan fingerprint density at radius 2 is 1.76 bits per heavy atom. The third kappa shape index (κ3) is 5.08. The van der Waals surface area contributed by atoms with E-state index in [2.05, 4.69) is 15.4 Å². The maximum Gasteiger partial charge on any atom is 0.241 e. The summed E-state index contributed by atoms with van der Waals surface area (Å²) in [5, 5.41) is 6.95. The molecular weight excluding hydrogens is 385 g/mol. The molecular formula is C16H23Cl2N3O3S. The molecule has 0 aliphatic carbocycles. The van der Waals surface area contributed by atoms with Gasteiger partial charge in [0.2, 0.25) is 15.9 Å². The Balaban J connectivity index is 0.00000225. The van der Waals surface area contributed by atoms with Crippen LogP contribution in [-0.4, -0.2) is 38.5 Å². The summed E-state index contributed by atoms with van der Waals surface area (Å²) in [7, 11) is -3.75. The summed E-state index contributed by atoms with van der Waals surface area (Å²) in [6, 6.07) is 6.05. The Morgan fingerprint density at radius 1 is 1.20 bits per heavy atom. The van der Waals surface area contributed by atoms with Crippen molar-refractivity contribution in [2.75, 3.05) is 0 Å². The Hall–Kier alpha value is -0.860. The Labute approximate surface area is 159 Å². The molecule has 2 aliphatic heterocycles. The molecule has 3 unspecified atom stereocenters. The number of sulfonamides is 1. The van der Waals surface area contributed by atoms with E-state index in [9.17, 15) is 13.2 Å². The van der Waals surface area contributed by atoms with Gasteiger partial charge in [0.15, 0.2) is 0 Å². The first-order valence-corrected chi connectivity index (χ1v) is 10.0. The van der Waals surface area contributed by atoms with Crippen LogP contribution in [0.4, 0.5) is 0 Å². The molecule has 1 aromatic carbocycles. The van der Waals surface area contributed by atoms with Crippen molar-refractivity contribution >= 4 is 39.9 Å². The van der Waals surface area contributed by atoms with Gasteiger partial charge in [-0.2, -0.15) is 4.72 Å². The monoisotopic (exact) mass is 407 g/mol. The molecule has 0 spiro atoms. The van der Waals surface area contributed by atoms with Crippen molar-refractivity contribution in [2.45, 2.75) is 61.7 Å². The summed E-state index contributed by atoms with van der Waals surface area (Å²) in [5.41, 5.74) is 0. The predicted molar refractivity (Wildman–Crippen MR) is 99.6 cm³/mol. The highest BCUT2D eigenvalue weighted by Crippen LogP contribution is 2.26. The van der Waals surface area contributed by atoms with Gasteiger partial charge in [-0.05, 0) is 56.9 Å². The normalized spacial score (nSPS) is 26.6. The summed E-state index contributed by atoms with van der Waals surface area (Å²) < 4.78 is 27.1. The fourth-order valence-electron chi connectivity index (χ4n) is 3.47. The summed E-state index contributed by atoms with van der Waals surface area (Å²) in [5.74, 6) is -0.293. The van der Waals surface area contributed by atoms with Crippen LogP contribution in [0.2, 0.25) is 5.02 Å². The van der Waals surface area contributed by atoms with Gasteiger partial charge < -0.3 is 10.6 Å². The second-order valence-electron chi connectivity index (χ2n) is 6.61. The molecule has 6 nitrogen and oxygen atoms in total. The van der Waals surface area contributed by atoms with Gasteiger partial charge in [-0.25, -0.2) is 8.42 Å². The fraction of sp³-hybridized carbons (Fsp3) is 0.562. The molecule has 25 heavy (non-hydrogen) atoms. The highest BCUT2D eigenvalue weighted by Gasteiger charge is 2.34. The number of fused-ring (bicyclic) bond motifs is 2. The number of nitrogens with one attached hydrogen (secondary N) is 3. The van der Waals surface area contributed by atoms with Crippen LogP contribution in [0.1, 0.15) is 32.6 Å². The summed E-state index contributed by atoms with van der Waals surface area (Å²) in [6.07, 6.45) is 4.10. The molecule has 2 heterocycles. The smallest absolute Gasteiger partial charge is 0.241 e. The van der Waals surface area contributed by atoms with Gasteiger partial charge in [-0.3, -0.25) is 4.79 Å². The van der Waals surface area contributed by atoms with E-state index >= 15 is 0 Å². The number of halogens is 2. The zero-order valence-electron chi connectivity index (χ0n) is 13.9. The van der Waals surface area contributed by atoms with E-state index in [0.29, 0.717) is 17.1 Å². The molecule has 9 heteroatoms. The molecule has 3 rings (SSSR count). The molecule has 0 saturated carbocycles. The quantitative estimate of drug-likeness (QED) is 0.694. The Morgan fingerprint density at radius 3 is 2.32 bits per heavy atom. The average molecular weight is 408 g/mol. The lowest BCUT2D eigenvalue weighted by Crippen LogP contribution is -2.52. The highest BCUT2D eigenvalue weighted by molar-refractivity contribution is 7.89. The molecule has 140 valence electrons. The third-order valence-electron chi connectivity index (χ3n) is 4.67. The molecule has 2 bridgehead atoms. The van der Waals surface area contributed by atoms with Gasteiger partial charge in [0.25, 0.3) is 0 Å². The largest absolute Gasteiger partial charge is 0.352 e.